The highest BCUT2D eigenvalue weighted by Gasteiger charge is 2.26. The number of hydrogen-bond acceptors (Lipinski definition) is 6. The molecular formula is C20H29N3O3S. The standard InChI is InChI=1S/C20H29N3O3S/c1-12(2)11-26-20(25)14(4)23-16(10-22-8-6-7-9-22)21-18-17(19(23)24)13(3)15(5)27-18/h12,14H,6-11H2,1-5H3. The highest BCUT2D eigenvalue weighted by atomic mass is 32.1. The zero-order valence-electron chi connectivity index (χ0n) is 16.9. The van der Waals surface area contributed by atoms with E-state index in [-0.39, 0.29) is 17.4 Å². The summed E-state index contributed by atoms with van der Waals surface area (Å²) >= 11 is 1.55. The van der Waals surface area contributed by atoms with E-state index in [4.69, 9.17) is 9.72 Å². The number of rotatable bonds is 6. The zero-order valence-corrected chi connectivity index (χ0v) is 17.7. The average Bonchev–Trinajstić information content (AvgIpc) is 3.21. The van der Waals surface area contributed by atoms with E-state index in [0.29, 0.717) is 24.4 Å². The van der Waals surface area contributed by atoms with Gasteiger partial charge >= 0.3 is 5.97 Å². The van der Waals surface area contributed by atoms with E-state index in [0.717, 1.165) is 41.2 Å². The van der Waals surface area contributed by atoms with Gasteiger partial charge in [0.05, 0.1) is 18.5 Å². The van der Waals surface area contributed by atoms with Gasteiger partial charge in [0.2, 0.25) is 0 Å². The highest BCUT2D eigenvalue weighted by Crippen LogP contribution is 2.27. The Labute approximate surface area is 164 Å². The lowest BCUT2D eigenvalue weighted by Gasteiger charge is -2.22. The molecule has 148 valence electrons. The quantitative estimate of drug-likeness (QED) is 0.706. The van der Waals surface area contributed by atoms with Crippen LogP contribution in [-0.2, 0) is 16.1 Å². The molecule has 0 saturated carbocycles. The van der Waals surface area contributed by atoms with Crippen LogP contribution in [0, 0.1) is 19.8 Å². The smallest absolute Gasteiger partial charge is 0.329 e. The Bertz CT molecular complexity index is 894. The zero-order chi connectivity index (χ0) is 19.7. The van der Waals surface area contributed by atoms with Crippen molar-refractivity contribution in [1.29, 1.82) is 0 Å². The van der Waals surface area contributed by atoms with Gasteiger partial charge in [0.1, 0.15) is 16.7 Å². The molecule has 0 radical (unpaired) electrons. The third-order valence-electron chi connectivity index (χ3n) is 5.16. The molecule has 1 aliphatic rings. The first kappa shape index (κ1) is 20.0. The van der Waals surface area contributed by atoms with E-state index in [9.17, 15) is 9.59 Å². The summed E-state index contributed by atoms with van der Waals surface area (Å²) in [5.74, 6) is 0.535. The van der Waals surface area contributed by atoms with Gasteiger partial charge in [0.15, 0.2) is 0 Å². The first-order valence-corrected chi connectivity index (χ1v) is 10.5. The Morgan fingerprint density at radius 1 is 1.22 bits per heavy atom. The van der Waals surface area contributed by atoms with Crippen LogP contribution < -0.4 is 5.56 Å². The Morgan fingerprint density at radius 2 is 1.89 bits per heavy atom. The Hall–Kier alpha value is -1.73. The number of thiophene rings is 1. The fourth-order valence-corrected chi connectivity index (χ4v) is 4.51. The number of aromatic nitrogens is 2. The maximum Gasteiger partial charge on any atom is 0.329 e. The average molecular weight is 392 g/mol. The maximum atomic E-state index is 13.3. The van der Waals surface area contributed by atoms with E-state index in [1.165, 1.54) is 0 Å². The molecule has 3 heterocycles. The van der Waals surface area contributed by atoms with Crippen LogP contribution in [0.15, 0.2) is 4.79 Å². The molecule has 2 aromatic rings. The topological polar surface area (TPSA) is 64.4 Å². The van der Waals surface area contributed by atoms with Gasteiger partial charge in [-0.05, 0) is 58.2 Å². The van der Waals surface area contributed by atoms with E-state index >= 15 is 0 Å². The number of likely N-dealkylation sites (tertiary alicyclic amines) is 1. The molecule has 0 spiro atoms. The molecule has 3 rings (SSSR count). The number of carbonyl (C=O) groups excluding carboxylic acids is 1. The van der Waals surface area contributed by atoms with Crippen LogP contribution in [0.3, 0.4) is 0 Å². The van der Waals surface area contributed by atoms with Gasteiger partial charge in [0, 0.05) is 4.88 Å². The fraction of sp³-hybridized carbons (Fsp3) is 0.650. The minimum absolute atomic E-state index is 0.134. The molecule has 0 aliphatic carbocycles. The molecule has 1 fully saturated rings. The van der Waals surface area contributed by atoms with Crippen LogP contribution in [0.2, 0.25) is 0 Å². The van der Waals surface area contributed by atoms with Crippen molar-refractivity contribution in [3.05, 3.63) is 26.6 Å². The predicted molar refractivity (Wildman–Crippen MR) is 108 cm³/mol. The number of fused-ring (bicyclic) bond motifs is 1. The molecule has 1 unspecified atom stereocenters. The van der Waals surface area contributed by atoms with Crippen LogP contribution in [-0.4, -0.2) is 40.1 Å². The fourth-order valence-electron chi connectivity index (χ4n) is 3.47. The minimum Gasteiger partial charge on any atom is -0.464 e. The van der Waals surface area contributed by atoms with E-state index in [1.54, 1.807) is 22.8 Å². The second-order valence-electron chi connectivity index (χ2n) is 7.85. The monoisotopic (exact) mass is 391 g/mol. The first-order chi connectivity index (χ1) is 12.8. The van der Waals surface area contributed by atoms with Gasteiger partial charge < -0.3 is 4.74 Å². The van der Waals surface area contributed by atoms with Crippen molar-refractivity contribution in [3.63, 3.8) is 0 Å². The van der Waals surface area contributed by atoms with Crippen molar-refractivity contribution in [2.24, 2.45) is 5.92 Å². The third kappa shape index (κ3) is 4.09. The third-order valence-corrected chi connectivity index (χ3v) is 6.26. The van der Waals surface area contributed by atoms with Gasteiger partial charge in [0.25, 0.3) is 5.56 Å². The molecule has 1 aliphatic heterocycles. The predicted octanol–water partition coefficient (Wildman–Crippen LogP) is 3.43. The van der Waals surface area contributed by atoms with Gasteiger partial charge in [-0.15, -0.1) is 11.3 Å². The van der Waals surface area contributed by atoms with Gasteiger partial charge in [-0.2, -0.15) is 0 Å². The molecule has 27 heavy (non-hydrogen) atoms. The van der Waals surface area contributed by atoms with Crippen molar-refractivity contribution < 1.29 is 9.53 Å². The molecule has 0 bridgehead atoms. The normalized spacial score (nSPS) is 16.4. The molecule has 2 aromatic heterocycles. The second-order valence-corrected chi connectivity index (χ2v) is 9.05. The molecule has 1 atom stereocenters. The summed E-state index contributed by atoms with van der Waals surface area (Å²) in [6, 6.07) is -0.689. The van der Waals surface area contributed by atoms with Crippen molar-refractivity contribution in [2.45, 2.75) is 60.0 Å². The summed E-state index contributed by atoms with van der Waals surface area (Å²) in [7, 11) is 0. The first-order valence-electron chi connectivity index (χ1n) is 9.69. The lowest BCUT2D eigenvalue weighted by Crippen LogP contribution is -2.35. The number of nitrogens with zero attached hydrogens (tertiary/aromatic N) is 3. The molecular weight excluding hydrogens is 362 g/mol. The minimum atomic E-state index is -0.689. The van der Waals surface area contributed by atoms with Gasteiger partial charge in [-0.25, -0.2) is 9.78 Å². The Morgan fingerprint density at radius 3 is 2.52 bits per heavy atom. The Kier molecular flexibility index (Phi) is 6.01. The van der Waals surface area contributed by atoms with Crippen molar-refractivity contribution in [1.82, 2.24) is 14.5 Å². The van der Waals surface area contributed by atoms with Crippen molar-refractivity contribution >= 4 is 27.5 Å². The molecule has 6 nitrogen and oxygen atoms in total. The van der Waals surface area contributed by atoms with Crippen LogP contribution >= 0.6 is 11.3 Å². The number of aryl methyl sites for hydroxylation is 2. The van der Waals surface area contributed by atoms with Crippen molar-refractivity contribution in [3.8, 4) is 0 Å². The molecule has 0 aromatic carbocycles. The molecule has 0 N–H and O–H groups in total. The number of ether oxygens (including phenoxy) is 1. The van der Waals surface area contributed by atoms with Crippen LogP contribution in [0.25, 0.3) is 10.2 Å². The Balaban J connectivity index is 2.06. The van der Waals surface area contributed by atoms with Crippen LogP contribution in [0.5, 0.6) is 0 Å². The SMILES string of the molecule is Cc1sc2nc(CN3CCCC3)n(C(C)C(=O)OCC(C)C)c(=O)c2c1C. The lowest BCUT2D eigenvalue weighted by atomic mass is 10.2. The van der Waals surface area contributed by atoms with Gasteiger partial charge in [-0.3, -0.25) is 14.3 Å². The van der Waals surface area contributed by atoms with Crippen molar-refractivity contribution in [2.75, 3.05) is 19.7 Å². The summed E-state index contributed by atoms with van der Waals surface area (Å²) in [5.41, 5.74) is 0.821. The molecule has 1 saturated heterocycles. The molecule has 0 amide bonds. The summed E-state index contributed by atoms with van der Waals surface area (Å²) in [4.78, 5) is 34.9. The highest BCUT2D eigenvalue weighted by molar-refractivity contribution is 7.18. The van der Waals surface area contributed by atoms with Crippen LogP contribution in [0.1, 0.15) is 55.9 Å². The second kappa shape index (κ2) is 8.10. The summed E-state index contributed by atoms with van der Waals surface area (Å²) < 4.78 is 6.97. The number of hydrogen-bond donors (Lipinski definition) is 0. The summed E-state index contributed by atoms with van der Waals surface area (Å²) in [5, 5.41) is 0.631. The van der Waals surface area contributed by atoms with E-state index in [2.05, 4.69) is 4.90 Å². The number of esters is 1. The lowest BCUT2D eigenvalue weighted by molar-refractivity contribution is -0.148. The van der Waals surface area contributed by atoms with Gasteiger partial charge in [-0.1, -0.05) is 13.8 Å². The van der Waals surface area contributed by atoms with E-state index in [1.807, 2.05) is 27.7 Å². The van der Waals surface area contributed by atoms with E-state index < -0.39 is 6.04 Å². The molecule has 7 heteroatoms. The maximum absolute atomic E-state index is 13.3. The summed E-state index contributed by atoms with van der Waals surface area (Å²) in [6.45, 7) is 12.6. The number of carbonyl (C=O) groups is 1. The van der Waals surface area contributed by atoms with Crippen LogP contribution in [0.4, 0.5) is 0 Å². The largest absolute Gasteiger partial charge is 0.464 e. The summed E-state index contributed by atoms with van der Waals surface area (Å²) in [6.07, 6.45) is 2.32.